The summed E-state index contributed by atoms with van der Waals surface area (Å²) in [4.78, 5) is 6.64. The third-order valence-electron chi connectivity index (χ3n) is 0.0556. The Morgan fingerprint density at radius 3 is 1.25 bits per heavy atom. The molecule has 4 nitrogen and oxygen atoms in total. The third kappa shape index (κ3) is 1.84. The molecule has 0 bridgehead atoms. The Morgan fingerprint density at radius 1 is 1.00 bits per heavy atom. The summed E-state index contributed by atoms with van der Waals surface area (Å²) >= 11 is 0. The molecule has 0 amide bonds. The van der Waals surface area contributed by atoms with Crippen LogP contribution in [0.15, 0.2) is 0 Å². The molecular formula is H4N2O2. The van der Waals surface area contributed by atoms with E-state index in [1.807, 2.05) is 0 Å². The highest BCUT2D eigenvalue weighted by Crippen LogP contribution is 1.35. The topological polar surface area (TPSA) is 70.5 Å². The van der Waals surface area contributed by atoms with Crippen molar-refractivity contribution in [3.63, 3.8) is 0 Å². The van der Waals surface area contributed by atoms with Crippen LogP contribution in [0.2, 0.25) is 0 Å². The summed E-state index contributed by atoms with van der Waals surface area (Å²) in [5, 5.41) is 0. The Labute approximate surface area is 23.1 Å². The summed E-state index contributed by atoms with van der Waals surface area (Å²) in [6.45, 7) is 0. The molecule has 26 valence electrons. The van der Waals surface area contributed by atoms with Gasteiger partial charge in [-0.1, -0.05) is 0 Å². The molecule has 0 aromatic carbocycles. The SMILES string of the molecule is NOON. The maximum absolute atomic E-state index is 4.18. The van der Waals surface area contributed by atoms with Gasteiger partial charge in [0.2, 0.25) is 0 Å². The molecule has 4 N–H and O–H groups in total. The molecule has 4 heteroatoms. The van der Waals surface area contributed by atoms with Crippen molar-refractivity contribution >= 4 is 0 Å². The second kappa shape index (κ2) is 2.84. The van der Waals surface area contributed by atoms with Crippen LogP contribution < -0.4 is 11.8 Å². The number of rotatable bonds is 1. The Balaban J connectivity index is 1.97. The molecule has 0 aromatic heterocycles. The van der Waals surface area contributed by atoms with Crippen molar-refractivity contribution < 1.29 is 9.98 Å². The van der Waals surface area contributed by atoms with E-state index in [2.05, 4.69) is 21.8 Å². The van der Waals surface area contributed by atoms with Crippen LogP contribution in [0.25, 0.3) is 0 Å². The Bertz CT molecular complexity index is 6.00. The van der Waals surface area contributed by atoms with E-state index in [4.69, 9.17) is 0 Å². The smallest absolute Gasteiger partial charge is 0.127 e. The van der Waals surface area contributed by atoms with Gasteiger partial charge in [0.05, 0.1) is 0 Å². The minimum atomic E-state index is 3.32. The van der Waals surface area contributed by atoms with E-state index >= 15 is 0 Å². The van der Waals surface area contributed by atoms with Crippen LogP contribution in [-0.2, 0) is 9.98 Å². The lowest BCUT2D eigenvalue weighted by Crippen LogP contribution is -2.04. The van der Waals surface area contributed by atoms with Crippen LogP contribution in [0, 0.1) is 0 Å². The summed E-state index contributed by atoms with van der Waals surface area (Å²) in [6, 6.07) is 0. The predicted octanol–water partition coefficient (Wildman–Crippen LogP) is -1.32. The van der Waals surface area contributed by atoms with Crippen molar-refractivity contribution in [2.45, 2.75) is 0 Å². The first-order valence-corrected chi connectivity index (χ1v) is 0.638. The van der Waals surface area contributed by atoms with Gasteiger partial charge in [-0.25, -0.2) is 0 Å². The standard InChI is InChI=1S/H4N2O2/c1-3-4-2/h1-2H2. The number of nitrogens with two attached hydrogens (primary N) is 2. The van der Waals surface area contributed by atoms with Crippen LogP contribution in [0.3, 0.4) is 0 Å². The Kier molecular flexibility index (Phi) is 2.73. The molecule has 0 rings (SSSR count). The van der Waals surface area contributed by atoms with Crippen molar-refractivity contribution in [1.29, 1.82) is 0 Å². The maximum Gasteiger partial charge on any atom is -0.127 e. The van der Waals surface area contributed by atoms with E-state index in [0.717, 1.165) is 0 Å². The van der Waals surface area contributed by atoms with Gasteiger partial charge in [-0.2, -0.15) is 11.8 Å². The largest absolute Gasteiger partial charge is 0.181 e. The van der Waals surface area contributed by atoms with E-state index in [1.54, 1.807) is 0 Å². The van der Waals surface area contributed by atoms with Gasteiger partial charge in [0.15, 0.2) is 0 Å². The molecule has 0 heterocycles. The molecule has 0 radical (unpaired) electrons. The first-order chi connectivity index (χ1) is 1.91. The highest BCUT2D eigenvalue weighted by atomic mass is 17.3. The summed E-state index contributed by atoms with van der Waals surface area (Å²) in [5.74, 6) is 8.36. The molecule has 0 fully saturated rings. The molecule has 0 saturated heterocycles. The van der Waals surface area contributed by atoms with E-state index < -0.39 is 0 Å². The minimum absolute atomic E-state index is 3.32. The average molecular weight is 64.0 g/mol. The third-order valence-corrected chi connectivity index (χ3v) is 0.0556. The molecule has 0 aliphatic rings. The van der Waals surface area contributed by atoms with Crippen molar-refractivity contribution in [1.82, 2.24) is 0 Å². The maximum atomic E-state index is 4.18. The molecule has 0 aliphatic heterocycles. The molecule has 0 saturated carbocycles. The van der Waals surface area contributed by atoms with Gasteiger partial charge in [0, 0.05) is 0 Å². The second-order valence-electron chi connectivity index (χ2n) is 0.192. The van der Waals surface area contributed by atoms with Crippen LogP contribution in [0.5, 0.6) is 0 Å². The van der Waals surface area contributed by atoms with Crippen LogP contribution in [0.4, 0.5) is 0 Å². The minimum Gasteiger partial charge on any atom is -0.181 e. The van der Waals surface area contributed by atoms with Crippen molar-refractivity contribution in [2.24, 2.45) is 11.8 Å². The van der Waals surface area contributed by atoms with E-state index in [1.165, 1.54) is 0 Å². The van der Waals surface area contributed by atoms with Gasteiger partial charge < -0.3 is 0 Å². The first kappa shape index (κ1) is 3.84. The average Bonchev–Trinajstić information content (AvgIpc) is 1.37. The van der Waals surface area contributed by atoms with E-state index in [0.29, 0.717) is 0 Å². The van der Waals surface area contributed by atoms with Crippen LogP contribution >= 0.6 is 0 Å². The van der Waals surface area contributed by atoms with E-state index in [-0.39, 0.29) is 0 Å². The van der Waals surface area contributed by atoms with Gasteiger partial charge in [-0.05, 0) is 0 Å². The normalized spacial score (nSPS) is 7.50. The molecule has 0 atom stereocenters. The summed E-state index contributed by atoms with van der Waals surface area (Å²) in [7, 11) is 0. The zero-order valence-corrected chi connectivity index (χ0v) is 1.97. The molecule has 0 spiro atoms. The van der Waals surface area contributed by atoms with Gasteiger partial charge in [-0.3, -0.25) is 0 Å². The second-order valence-corrected chi connectivity index (χ2v) is 0.192. The summed E-state index contributed by atoms with van der Waals surface area (Å²) < 4.78 is 0. The Morgan fingerprint density at radius 2 is 1.25 bits per heavy atom. The monoisotopic (exact) mass is 64.0 g/mol. The quantitative estimate of drug-likeness (QED) is 0.293. The highest BCUT2D eigenvalue weighted by Gasteiger charge is 1.48. The zero-order chi connectivity index (χ0) is 3.41. The summed E-state index contributed by atoms with van der Waals surface area (Å²) in [5.41, 5.74) is 0. The predicted molar refractivity (Wildman–Crippen MR) is 10.5 cm³/mol. The van der Waals surface area contributed by atoms with Gasteiger partial charge >= 0.3 is 0 Å². The number of hydrogen-bond acceptors (Lipinski definition) is 4. The Hall–Kier alpha value is -0.160. The highest BCUT2D eigenvalue weighted by molar-refractivity contribution is 3.18. The summed E-state index contributed by atoms with van der Waals surface area (Å²) in [6.07, 6.45) is 0. The van der Waals surface area contributed by atoms with Crippen LogP contribution in [0.1, 0.15) is 0 Å². The van der Waals surface area contributed by atoms with Crippen molar-refractivity contribution in [3.05, 3.63) is 0 Å². The lowest BCUT2D eigenvalue weighted by Gasteiger charge is -1.76. The van der Waals surface area contributed by atoms with E-state index in [9.17, 15) is 0 Å². The fourth-order valence-electron chi connectivity index (χ4n) is 0. The molecule has 0 aromatic rings. The van der Waals surface area contributed by atoms with Gasteiger partial charge in [-0.15, -0.1) is 9.98 Å². The van der Waals surface area contributed by atoms with Gasteiger partial charge in [0.25, 0.3) is 0 Å². The lowest BCUT2D eigenvalue weighted by molar-refractivity contribution is -0.304. The van der Waals surface area contributed by atoms with Crippen molar-refractivity contribution in [2.75, 3.05) is 0 Å². The van der Waals surface area contributed by atoms with Crippen molar-refractivity contribution in [3.8, 4) is 0 Å². The lowest BCUT2D eigenvalue weighted by atomic mass is 13.4. The van der Waals surface area contributed by atoms with Gasteiger partial charge in [0.1, 0.15) is 0 Å². The first-order valence-electron chi connectivity index (χ1n) is 0.638. The number of hydrogen-bond donors (Lipinski definition) is 2. The molecule has 0 unspecified atom stereocenters. The van der Waals surface area contributed by atoms with Crippen LogP contribution in [-0.4, -0.2) is 0 Å². The molecular weight excluding hydrogens is 60.0 g/mol. The molecule has 0 aliphatic carbocycles. The fraction of sp³-hybridized carbons (Fsp3) is 0. The fourth-order valence-corrected chi connectivity index (χ4v) is 0. The molecule has 4 heavy (non-hydrogen) atoms. The zero-order valence-electron chi connectivity index (χ0n) is 1.97.